The lowest BCUT2D eigenvalue weighted by molar-refractivity contribution is 0.102. The van der Waals surface area contributed by atoms with Gasteiger partial charge in [0.2, 0.25) is 0 Å². The maximum Gasteiger partial charge on any atom is 0.257 e. The smallest absolute Gasteiger partial charge is 0.257 e. The minimum Gasteiger partial charge on any atom is -0.378 e. The Kier molecular flexibility index (Phi) is 5.30. The van der Waals surface area contributed by atoms with Crippen LogP contribution in [0.25, 0.3) is 0 Å². The second kappa shape index (κ2) is 7.82. The summed E-state index contributed by atoms with van der Waals surface area (Å²) in [5.41, 5.74) is 2.47. The molecule has 0 radical (unpaired) electrons. The summed E-state index contributed by atoms with van der Waals surface area (Å²) in [5.74, 6) is -1.74. The number of anilines is 4. The van der Waals surface area contributed by atoms with Gasteiger partial charge in [0.1, 0.15) is 11.6 Å². The Bertz CT molecular complexity index is 958. The Balaban J connectivity index is 1.73. The van der Waals surface area contributed by atoms with Crippen LogP contribution in [0.15, 0.2) is 60.9 Å². The molecule has 3 aromatic rings. The van der Waals surface area contributed by atoms with E-state index >= 15 is 0 Å². The van der Waals surface area contributed by atoms with E-state index in [0.29, 0.717) is 16.9 Å². The van der Waals surface area contributed by atoms with Gasteiger partial charge in [-0.2, -0.15) is 0 Å². The van der Waals surface area contributed by atoms with Gasteiger partial charge in [-0.15, -0.1) is 0 Å². The monoisotopic (exact) mass is 368 g/mol. The van der Waals surface area contributed by atoms with Crippen LogP contribution >= 0.6 is 0 Å². The predicted octanol–water partition coefficient (Wildman–Crippen LogP) is 4.42. The number of rotatable bonds is 5. The Hall–Kier alpha value is -3.48. The molecular formula is C20H18F2N4O. The lowest BCUT2D eigenvalue weighted by atomic mass is 10.2. The molecule has 0 spiro atoms. The fourth-order valence-electron chi connectivity index (χ4n) is 2.42. The zero-order valence-electron chi connectivity index (χ0n) is 14.8. The first kappa shape index (κ1) is 18.3. The van der Waals surface area contributed by atoms with Crippen molar-refractivity contribution in [3.63, 3.8) is 0 Å². The lowest BCUT2D eigenvalue weighted by Gasteiger charge is -2.13. The number of amides is 1. The highest BCUT2D eigenvalue weighted by atomic mass is 19.1. The third-order valence-electron chi connectivity index (χ3n) is 3.85. The van der Waals surface area contributed by atoms with Crippen LogP contribution in [0.4, 0.5) is 31.5 Å². The number of carbonyl (C=O) groups is 1. The van der Waals surface area contributed by atoms with Crippen LogP contribution in [-0.4, -0.2) is 25.0 Å². The fourth-order valence-corrected chi connectivity index (χ4v) is 2.42. The number of halogens is 2. The van der Waals surface area contributed by atoms with Crippen molar-refractivity contribution in [1.29, 1.82) is 0 Å². The average Bonchev–Trinajstić information content (AvgIpc) is 2.65. The molecule has 0 aliphatic rings. The van der Waals surface area contributed by atoms with Gasteiger partial charge in [-0.25, -0.2) is 8.78 Å². The molecule has 2 aromatic carbocycles. The Labute approximate surface area is 155 Å². The summed E-state index contributed by atoms with van der Waals surface area (Å²) in [6.07, 6.45) is 2.86. The minimum absolute atomic E-state index is 0.0926. The second-order valence-electron chi connectivity index (χ2n) is 6.11. The minimum atomic E-state index is -0.731. The molecule has 0 bridgehead atoms. The highest BCUT2D eigenvalue weighted by Gasteiger charge is 2.10. The van der Waals surface area contributed by atoms with Crippen LogP contribution in [0.3, 0.4) is 0 Å². The zero-order chi connectivity index (χ0) is 19.4. The molecule has 7 heteroatoms. The van der Waals surface area contributed by atoms with E-state index in [0.717, 1.165) is 17.8 Å². The van der Waals surface area contributed by atoms with Crippen molar-refractivity contribution >= 4 is 28.7 Å². The van der Waals surface area contributed by atoms with Gasteiger partial charge in [0.05, 0.1) is 23.1 Å². The van der Waals surface area contributed by atoms with Crippen LogP contribution in [0, 0.1) is 11.6 Å². The topological polar surface area (TPSA) is 57.3 Å². The Morgan fingerprint density at radius 2 is 1.70 bits per heavy atom. The third-order valence-corrected chi connectivity index (χ3v) is 3.85. The SMILES string of the molecule is CN(C)c1ccc(NC(=O)c2cncc(Nc3ccc(F)cc3F)c2)cc1. The summed E-state index contributed by atoms with van der Waals surface area (Å²) >= 11 is 0. The molecule has 1 amide bonds. The van der Waals surface area contributed by atoms with E-state index in [1.54, 1.807) is 18.2 Å². The molecule has 0 atom stereocenters. The van der Waals surface area contributed by atoms with E-state index in [-0.39, 0.29) is 11.6 Å². The highest BCUT2D eigenvalue weighted by molar-refractivity contribution is 6.04. The van der Waals surface area contributed by atoms with Crippen LogP contribution < -0.4 is 15.5 Å². The largest absolute Gasteiger partial charge is 0.378 e. The van der Waals surface area contributed by atoms with E-state index < -0.39 is 11.6 Å². The Morgan fingerprint density at radius 1 is 0.963 bits per heavy atom. The number of aromatic nitrogens is 1. The van der Waals surface area contributed by atoms with E-state index in [2.05, 4.69) is 15.6 Å². The van der Waals surface area contributed by atoms with Crippen molar-refractivity contribution in [3.8, 4) is 0 Å². The normalized spacial score (nSPS) is 10.4. The second-order valence-corrected chi connectivity index (χ2v) is 6.11. The quantitative estimate of drug-likeness (QED) is 0.700. The maximum absolute atomic E-state index is 13.8. The van der Waals surface area contributed by atoms with E-state index in [1.807, 2.05) is 31.1 Å². The van der Waals surface area contributed by atoms with Crippen molar-refractivity contribution in [2.24, 2.45) is 0 Å². The van der Waals surface area contributed by atoms with Crippen LogP contribution in [0.5, 0.6) is 0 Å². The van der Waals surface area contributed by atoms with Gasteiger partial charge in [0.15, 0.2) is 0 Å². The summed E-state index contributed by atoms with van der Waals surface area (Å²) in [6, 6.07) is 12.1. The lowest BCUT2D eigenvalue weighted by Crippen LogP contribution is -2.13. The molecule has 0 unspecified atom stereocenters. The molecule has 0 saturated heterocycles. The van der Waals surface area contributed by atoms with Crippen molar-refractivity contribution in [3.05, 3.63) is 78.1 Å². The molecule has 0 fully saturated rings. The molecule has 1 aromatic heterocycles. The molecule has 138 valence electrons. The van der Waals surface area contributed by atoms with Gasteiger partial charge in [0.25, 0.3) is 5.91 Å². The first-order valence-electron chi connectivity index (χ1n) is 8.18. The summed E-state index contributed by atoms with van der Waals surface area (Å²) in [6.45, 7) is 0. The summed E-state index contributed by atoms with van der Waals surface area (Å²) < 4.78 is 26.8. The van der Waals surface area contributed by atoms with Crippen molar-refractivity contribution in [1.82, 2.24) is 4.98 Å². The number of nitrogens with one attached hydrogen (secondary N) is 2. The van der Waals surface area contributed by atoms with E-state index in [4.69, 9.17) is 0 Å². The fraction of sp³-hybridized carbons (Fsp3) is 0.100. The number of carbonyl (C=O) groups excluding carboxylic acids is 1. The molecule has 0 aliphatic heterocycles. The first-order valence-corrected chi connectivity index (χ1v) is 8.18. The van der Waals surface area contributed by atoms with Crippen molar-refractivity contribution in [2.45, 2.75) is 0 Å². The van der Waals surface area contributed by atoms with Crippen LogP contribution in [0.1, 0.15) is 10.4 Å². The molecule has 2 N–H and O–H groups in total. The van der Waals surface area contributed by atoms with Crippen molar-refractivity contribution in [2.75, 3.05) is 29.6 Å². The number of hydrogen-bond donors (Lipinski definition) is 2. The van der Waals surface area contributed by atoms with E-state index in [9.17, 15) is 13.6 Å². The molecule has 27 heavy (non-hydrogen) atoms. The molecular weight excluding hydrogens is 350 g/mol. The van der Waals surface area contributed by atoms with Crippen LogP contribution in [0.2, 0.25) is 0 Å². The zero-order valence-corrected chi connectivity index (χ0v) is 14.8. The number of benzene rings is 2. The molecule has 0 saturated carbocycles. The van der Waals surface area contributed by atoms with Gasteiger partial charge >= 0.3 is 0 Å². The number of nitrogens with zero attached hydrogens (tertiary/aromatic N) is 2. The molecule has 0 aliphatic carbocycles. The van der Waals surface area contributed by atoms with Gasteiger partial charge in [-0.1, -0.05) is 0 Å². The average molecular weight is 368 g/mol. The van der Waals surface area contributed by atoms with Gasteiger partial charge in [-0.3, -0.25) is 9.78 Å². The predicted molar refractivity (Wildman–Crippen MR) is 103 cm³/mol. The van der Waals surface area contributed by atoms with Crippen LogP contribution in [-0.2, 0) is 0 Å². The molecule has 1 heterocycles. The standard InChI is InChI=1S/C20H18F2N4O/c1-26(2)17-6-4-15(5-7-17)25-20(27)13-9-16(12-23-11-13)24-19-8-3-14(21)10-18(19)22/h3-12,24H,1-2H3,(H,25,27). The highest BCUT2D eigenvalue weighted by Crippen LogP contribution is 2.21. The molecule has 5 nitrogen and oxygen atoms in total. The first-order chi connectivity index (χ1) is 12.9. The summed E-state index contributed by atoms with van der Waals surface area (Å²) in [5, 5.41) is 5.57. The van der Waals surface area contributed by atoms with Gasteiger partial charge in [0, 0.05) is 37.7 Å². The maximum atomic E-state index is 13.8. The molecule has 3 rings (SSSR count). The number of pyridine rings is 1. The van der Waals surface area contributed by atoms with Gasteiger partial charge < -0.3 is 15.5 Å². The van der Waals surface area contributed by atoms with E-state index in [1.165, 1.54) is 18.5 Å². The third kappa shape index (κ3) is 4.58. The number of hydrogen-bond acceptors (Lipinski definition) is 4. The summed E-state index contributed by atoms with van der Waals surface area (Å²) in [7, 11) is 3.86. The summed E-state index contributed by atoms with van der Waals surface area (Å²) in [4.78, 5) is 18.4. The van der Waals surface area contributed by atoms with Crippen molar-refractivity contribution < 1.29 is 13.6 Å². The van der Waals surface area contributed by atoms with Gasteiger partial charge in [-0.05, 0) is 42.5 Å². The Morgan fingerprint density at radius 3 is 2.37 bits per heavy atom.